The maximum Gasteiger partial charge on any atom is 0.328 e. The number of hydrogen-bond donors (Lipinski definition) is 2. The molecule has 0 atom stereocenters. The summed E-state index contributed by atoms with van der Waals surface area (Å²) in [6.45, 7) is 3.90. The van der Waals surface area contributed by atoms with Crippen molar-refractivity contribution in [1.82, 2.24) is 10.2 Å². The van der Waals surface area contributed by atoms with Crippen LogP contribution < -0.4 is 15.1 Å². The Morgan fingerprint density at radius 1 is 0.783 bits per heavy atom. The van der Waals surface area contributed by atoms with Crippen LogP contribution >= 0.6 is 11.6 Å². The van der Waals surface area contributed by atoms with Crippen molar-refractivity contribution >= 4 is 46.1 Å². The first-order chi connectivity index (χ1) is 22.4. The summed E-state index contributed by atoms with van der Waals surface area (Å²) in [7, 11) is 0. The molecule has 46 heavy (non-hydrogen) atoms. The molecule has 9 heteroatoms. The van der Waals surface area contributed by atoms with Gasteiger partial charge >= 0.3 is 6.03 Å². The van der Waals surface area contributed by atoms with Crippen molar-refractivity contribution in [3.8, 4) is 5.75 Å². The van der Waals surface area contributed by atoms with E-state index in [1.54, 1.807) is 24.3 Å². The number of aromatic hydroxyl groups is 1. The lowest BCUT2D eigenvalue weighted by Crippen LogP contribution is -2.49. The highest BCUT2D eigenvalue weighted by atomic mass is 35.5. The molecule has 2 aliphatic rings. The lowest BCUT2D eigenvalue weighted by Gasteiger charge is -2.36. The van der Waals surface area contributed by atoms with Gasteiger partial charge in [0.25, 0.3) is 0 Å². The molecule has 6 rings (SSSR count). The van der Waals surface area contributed by atoms with Crippen molar-refractivity contribution in [1.29, 1.82) is 0 Å². The molecule has 0 aliphatic carbocycles. The summed E-state index contributed by atoms with van der Waals surface area (Å²) in [4.78, 5) is 29.6. The number of amides is 3. The fourth-order valence-corrected chi connectivity index (χ4v) is 6.37. The Morgan fingerprint density at radius 2 is 1.43 bits per heavy atom. The molecule has 4 aromatic rings. The minimum Gasteiger partial charge on any atom is -0.508 e. The molecule has 0 saturated carbocycles. The second kappa shape index (κ2) is 14.2. The Hall–Kier alpha value is -4.66. The van der Waals surface area contributed by atoms with E-state index in [-0.39, 0.29) is 30.4 Å². The van der Waals surface area contributed by atoms with Crippen LogP contribution in [-0.4, -0.2) is 60.5 Å². The van der Waals surface area contributed by atoms with Gasteiger partial charge in [-0.15, -0.1) is 11.6 Å². The molecule has 0 radical (unpaired) electrons. The number of halogens is 2. The van der Waals surface area contributed by atoms with Crippen LogP contribution in [0.4, 0.5) is 20.6 Å². The van der Waals surface area contributed by atoms with Crippen LogP contribution in [0.25, 0.3) is 11.1 Å². The monoisotopic (exact) mass is 638 g/mol. The highest BCUT2D eigenvalue weighted by molar-refractivity contribution is 6.18. The van der Waals surface area contributed by atoms with E-state index in [0.29, 0.717) is 30.1 Å². The molecule has 7 nitrogen and oxygen atoms in total. The fourth-order valence-electron chi connectivity index (χ4n) is 6.18. The third kappa shape index (κ3) is 7.09. The highest BCUT2D eigenvalue weighted by Crippen LogP contribution is 2.36. The van der Waals surface area contributed by atoms with Gasteiger partial charge in [0.1, 0.15) is 11.6 Å². The number of anilines is 2. The van der Waals surface area contributed by atoms with Crippen LogP contribution in [0.3, 0.4) is 0 Å². The quantitative estimate of drug-likeness (QED) is 0.154. The number of carbonyl (C=O) groups excluding carboxylic acids is 2. The van der Waals surface area contributed by atoms with E-state index in [1.165, 1.54) is 11.0 Å². The van der Waals surface area contributed by atoms with Gasteiger partial charge in [-0.05, 0) is 70.7 Å². The van der Waals surface area contributed by atoms with Crippen LogP contribution in [0, 0.1) is 5.82 Å². The van der Waals surface area contributed by atoms with Crippen molar-refractivity contribution in [3.05, 3.63) is 125 Å². The third-order valence-corrected chi connectivity index (χ3v) is 8.80. The summed E-state index contributed by atoms with van der Waals surface area (Å²) in [5.74, 6) is 0.0338. The first-order valence-corrected chi connectivity index (χ1v) is 16.0. The molecule has 0 bridgehead atoms. The van der Waals surface area contributed by atoms with Crippen molar-refractivity contribution in [2.75, 3.05) is 48.4 Å². The number of benzene rings is 4. The lowest BCUT2D eigenvalue weighted by molar-refractivity contribution is -0.120. The first-order valence-electron chi connectivity index (χ1n) is 15.5. The number of urea groups is 1. The number of carbonyl (C=O) groups is 2. The zero-order valence-corrected chi connectivity index (χ0v) is 26.2. The number of phenolic OH excluding ortho intramolecular Hbond substituents is 1. The second-order valence-electron chi connectivity index (χ2n) is 11.5. The molecule has 3 amide bonds. The second-order valence-corrected chi connectivity index (χ2v) is 11.9. The van der Waals surface area contributed by atoms with Crippen LogP contribution in [-0.2, 0) is 11.3 Å². The summed E-state index contributed by atoms with van der Waals surface area (Å²) < 4.78 is 15.1. The molecule has 2 aliphatic heterocycles. The molecular formula is C37H36ClFN4O3. The van der Waals surface area contributed by atoms with E-state index in [2.05, 4.69) is 51.5 Å². The number of piperazine rings is 1. The Kier molecular flexibility index (Phi) is 9.66. The van der Waals surface area contributed by atoms with E-state index in [0.717, 1.165) is 59.7 Å². The van der Waals surface area contributed by atoms with Gasteiger partial charge in [-0.1, -0.05) is 60.7 Å². The predicted octanol–water partition coefficient (Wildman–Crippen LogP) is 6.89. The molecule has 0 unspecified atom stereocenters. The van der Waals surface area contributed by atoms with Gasteiger partial charge < -0.3 is 10.0 Å². The predicted molar refractivity (Wildman–Crippen MR) is 182 cm³/mol. The SMILES string of the molecule is O=C1CCN(c2ccc(CN3CCN(c4ccc(C(=C(CCCl)c5ccccc5)c5ccc(O)cc5)cc4)CC3)c(F)c2)C(=O)N1. The minimum absolute atomic E-state index is 0.196. The standard InChI is InChI=1S/C37H36ClFN4O3/c38-18-16-33(26-4-2-1-3-5-26)36(28-9-14-32(44)15-10-28)27-6-11-30(12-7-27)42-22-20-41(21-23-42)25-29-8-13-31(24-34(29)39)43-19-17-35(45)40-37(43)46/h1-15,24,44H,16-23,25H2,(H,40,45,46). The summed E-state index contributed by atoms with van der Waals surface area (Å²) in [5.41, 5.74) is 7.59. The Morgan fingerprint density at radius 3 is 2.07 bits per heavy atom. The van der Waals surface area contributed by atoms with Gasteiger partial charge in [0, 0.05) is 68.5 Å². The number of alkyl halides is 1. The topological polar surface area (TPSA) is 76.1 Å². The molecule has 4 aromatic carbocycles. The largest absolute Gasteiger partial charge is 0.508 e. The van der Waals surface area contributed by atoms with Crippen LogP contribution in [0.15, 0.2) is 97.1 Å². The van der Waals surface area contributed by atoms with Gasteiger partial charge in [0.2, 0.25) is 5.91 Å². The molecular weight excluding hydrogens is 603 g/mol. The van der Waals surface area contributed by atoms with Gasteiger partial charge in [-0.3, -0.25) is 19.9 Å². The molecule has 0 spiro atoms. The molecule has 236 valence electrons. The van der Waals surface area contributed by atoms with Crippen molar-refractivity contribution in [2.45, 2.75) is 19.4 Å². The van der Waals surface area contributed by atoms with E-state index >= 15 is 4.39 Å². The fraction of sp³-hybridized carbons (Fsp3) is 0.243. The normalized spacial score (nSPS) is 16.3. The maximum absolute atomic E-state index is 15.1. The average molecular weight is 639 g/mol. The maximum atomic E-state index is 15.1. The molecule has 0 aromatic heterocycles. The first kappa shape index (κ1) is 31.3. The summed E-state index contributed by atoms with van der Waals surface area (Å²) >= 11 is 6.31. The number of rotatable bonds is 9. The highest BCUT2D eigenvalue weighted by Gasteiger charge is 2.25. The van der Waals surface area contributed by atoms with Crippen molar-refractivity contribution < 1.29 is 19.1 Å². The zero-order valence-electron chi connectivity index (χ0n) is 25.5. The van der Waals surface area contributed by atoms with Crippen LogP contribution in [0.2, 0.25) is 0 Å². The minimum atomic E-state index is -0.521. The number of phenols is 1. The van der Waals surface area contributed by atoms with Crippen molar-refractivity contribution in [2.24, 2.45) is 0 Å². The van der Waals surface area contributed by atoms with Gasteiger partial charge in [0.15, 0.2) is 0 Å². The average Bonchev–Trinajstić information content (AvgIpc) is 3.07. The molecule has 2 N–H and O–H groups in total. The molecule has 2 fully saturated rings. The number of nitrogens with zero attached hydrogens (tertiary/aromatic N) is 3. The third-order valence-electron chi connectivity index (χ3n) is 8.61. The smallest absolute Gasteiger partial charge is 0.328 e. The zero-order chi connectivity index (χ0) is 32.0. The van der Waals surface area contributed by atoms with Crippen LogP contribution in [0.5, 0.6) is 5.75 Å². The van der Waals surface area contributed by atoms with Crippen molar-refractivity contribution in [3.63, 3.8) is 0 Å². The Bertz CT molecular complexity index is 1720. The number of hydrogen-bond acceptors (Lipinski definition) is 5. The van der Waals surface area contributed by atoms with E-state index in [9.17, 15) is 14.7 Å². The number of nitrogens with one attached hydrogen (secondary N) is 1. The summed E-state index contributed by atoms with van der Waals surface area (Å²) in [5, 5.41) is 12.2. The molecule has 2 saturated heterocycles. The Balaban J connectivity index is 1.15. The lowest BCUT2D eigenvalue weighted by atomic mass is 9.88. The van der Waals surface area contributed by atoms with Gasteiger partial charge in [-0.2, -0.15) is 0 Å². The van der Waals surface area contributed by atoms with E-state index < -0.39 is 6.03 Å². The number of allylic oxidation sites excluding steroid dienone is 1. The molecule has 2 heterocycles. The van der Waals surface area contributed by atoms with E-state index in [4.69, 9.17) is 11.6 Å². The van der Waals surface area contributed by atoms with Gasteiger partial charge in [-0.25, -0.2) is 9.18 Å². The Labute approximate surface area is 273 Å². The van der Waals surface area contributed by atoms with Crippen LogP contribution in [0.1, 0.15) is 35.1 Å². The summed E-state index contributed by atoms with van der Waals surface area (Å²) in [6, 6.07) is 30.5. The van der Waals surface area contributed by atoms with Gasteiger partial charge in [0.05, 0.1) is 0 Å². The summed E-state index contributed by atoms with van der Waals surface area (Å²) in [6.07, 6.45) is 0.893. The number of imide groups is 1. The van der Waals surface area contributed by atoms with E-state index in [1.807, 2.05) is 30.3 Å².